The van der Waals surface area contributed by atoms with E-state index in [1.165, 1.54) is 18.2 Å². The van der Waals surface area contributed by atoms with Gasteiger partial charge in [0.1, 0.15) is 0 Å². The molecule has 0 aliphatic carbocycles. The quantitative estimate of drug-likeness (QED) is 0.802. The zero-order valence-corrected chi connectivity index (χ0v) is 11.6. The largest absolute Gasteiger partial charge is 0.343 e. The molecule has 1 aromatic carbocycles. The van der Waals surface area contributed by atoms with E-state index in [0.29, 0.717) is 12.0 Å². The Morgan fingerprint density at radius 2 is 2.20 bits per heavy atom. The van der Waals surface area contributed by atoms with Crippen molar-refractivity contribution in [2.45, 2.75) is 24.8 Å². The Hall–Kier alpha value is -2.06. The second-order valence-electron chi connectivity index (χ2n) is 3.98. The summed E-state index contributed by atoms with van der Waals surface area (Å²) < 4.78 is 31.0. The number of carbonyl (C=O) groups excluding carboxylic acids is 1. The summed E-state index contributed by atoms with van der Waals surface area (Å²) in [5.41, 5.74) is 0.370. The first-order chi connectivity index (χ1) is 9.53. The Balaban J connectivity index is 2.18. The van der Waals surface area contributed by atoms with Gasteiger partial charge >= 0.3 is 0 Å². The maximum atomic E-state index is 12.1. The third-order valence-corrected chi connectivity index (χ3v) is 4.01. The van der Waals surface area contributed by atoms with E-state index in [1.54, 1.807) is 13.0 Å². The monoisotopic (exact) mass is 295 g/mol. The zero-order valence-electron chi connectivity index (χ0n) is 10.7. The van der Waals surface area contributed by atoms with E-state index >= 15 is 0 Å². The van der Waals surface area contributed by atoms with E-state index in [4.69, 9.17) is 0 Å². The number of nitrogens with one attached hydrogen (secondary N) is 1. The van der Waals surface area contributed by atoms with Crippen LogP contribution in [0.2, 0.25) is 0 Å². The van der Waals surface area contributed by atoms with Crippen molar-refractivity contribution < 1.29 is 17.7 Å². The van der Waals surface area contributed by atoms with Gasteiger partial charge in [-0.2, -0.15) is 4.98 Å². The topological polar surface area (TPSA) is 102 Å². The molecule has 0 amide bonds. The van der Waals surface area contributed by atoms with E-state index in [0.717, 1.165) is 6.39 Å². The van der Waals surface area contributed by atoms with Crippen LogP contribution in [0.25, 0.3) is 0 Å². The molecule has 1 N–H and O–H groups in total. The Kier molecular flexibility index (Phi) is 4.26. The number of sulfonamides is 1. The molecule has 2 rings (SSSR count). The van der Waals surface area contributed by atoms with Crippen molar-refractivity contribution in [1.29, 1.82) is 0 Å². The lowest BCUT2D eigenvalue weighted by atomic mass is 10.1. The fraction of sp³-hybridized carbons (Fsp3) is 0.250. The normalized spacial score (nSPS) is 11.4. The van der Waals surface area contributed by atoms with Crippen LogP contribution in [0.3, 0.4) is 0 Å². The van der Waals surface area contributed by atoms with Crippen molar-refractivity contribution in [1.82, 2.24) is 14.9 Å². The minimum Gasteiger partial charge on any atom is -0.343 e. The fourth-order valence-electron chi connectivity index (χ4n) is 1.55. The average Bonchev–Trinajstić information content (AvgIpc) is 2.98. The SMILES string of the molecule is CCC(=O)c1cccc(S(=O)(=O)NCc2ncon2)c1. The highest BCUT2D eigenvalue weighted by Crippen LogP contribution is 2.13. The van der Waals surface area contributed by atoms with Crippen LogP contribution in [-0.2, 0) is 16.6 Å². The third kappa shape index (κ3) is 3.28. The lowest BCUT2D eigenvalue weighted by Gasteiger charge is -2.06. The van der Waals surface area contributed by atoms with Gasteiger partial charge in [-0.1, -0.05) is 24.2 Å². The highest BCUT2D eigenvalue weighted by atomic mass is 32.2. The summed E-state index contributed by atoms with van der Waals surface area (Å²) in [6.07, 6.45) is 1.43. The van der Waals surface area contributed by atoms with Gasteiger partial charge in [0.05, 0.1) is 11.4 Å². The first kappa shape index (κ1) is 14.4. The molecule has 0 bridgehead atoms. The van der Waals surface area contributed by atoms with Crippen molar-refractivity contribution in [2.75, 3.05) is 0 Å². The number of nitrogens with zero attached hydrogens (tertiary/aromatic N) is 2. The maximum absolute atomic E-state index is 12.1. The minimum atomic E-state index is -3.72. The highest BCUT2D eigenvalue weighted by Gasteiger charge is 2.16. The van der Waals surface area contributed by atoms with E-state index in [1.807, 2.05) is 0 Å². The summed E-state index contributed by atoms with van der Waals surface area (Å²) in [7, 11) is -3.72. The number of aromatic nitrogens is 2. The van der Waals surface area contributed by atoms with Crippen LogP contribution >= 0.6 is 0 Å². The molecule has 0 spiro atoms. The second kappa shape index (κ2) is 5.93. The first-order valence-corrected chi connectivity index (χ1v) is 7.39. The molecule has 2 aromatic rings. The van der Waals surface area contributed by atoms with E-state index in [2.05, 4.69) is 19.4 Å². The molecule has 0 atom stereocenters. The van der Waals surface area contributed by atoms with Crippen molar-refractivity contribution in [2.24, 2.45) is 0 Å². The predicted octanol–water partition coefficient (Wildman–Crippen LogP) is 1.14. The number of hydrogen-bond acceptors (Lipinski definition) is 6. The molecule has 7 nitrogen and oxygen atoms in total. The molecule has 0 aliphatic rings. The molecular weight excluding hydrogens is 282 g/mol. The van der Waals surface area contributed by atoms with Crippen LogP contribution in [0.4, 0.5) is 0 Å². The Morgan fingerprint density at radius 3 is 2.85 bits per heavy atom. The predicted molar refractivity (Wildman–Crippen MR) is 69.4 cm³/mol. The molecule has 1 heterocycles. The molecule has 0 saturated carbocycles. The van der Waals surface area contributed by atoms with Gasteiger partial charge in [-0.15, -0.1) is 0 Å². The third-order valence-electron chi connectivity index (χ3n) is 2.61. The van der Waals surface area contributed by atoms with Gasteiger partial charge in [0.2, 0.25) is 16.4 Å². The summed E-state index contributed by atoms with van der Waals surface area (Å²) in [5.74, 6) is 0.120. The summed E-state index contributed by atoms with van der Waals surface area (Å²) in [6.45, 7) is 1.64. The van der Waals surface area contributed by atoms with Crippen molar-refractivity contribution in [3.05, 3.63) is 42.0 Å². The lowest BCUT2D eigenvalue weighted by Crippen LogP contribution is -2.24. The van der Waals surface area contributed by atoms with Crippen LogP contribution in [0.1, 0.15) is 29.5 Å². The van der Waals surface area contributed by atoms with Crippen LogP contribution < -0.4 is 4.72 Å². The van der Waals surface area contributed by atoms with Crippen molar-refractivity contribution >= 4 is 15.8 Å². The van der Waals surface area contributed by atoms with Crippen molar-refractivity contribution in [3.63, 3.8) is 0 Å². The lowest BCUT2D eigenvalue weighted by molar-refractivity contribution is 0.0988. The van der Waals surface area contributed by atoms with Gasteiger partial charge in [-0.25, -0.2) is 13.1 Å². The smallest absolute Gasteiger partial charge is 0.241 e. The average molecular weight is 295 g/mol. The first-order valence-electron chi connectivity index (χ1n) is 5.91. The van der Waals surface area contributed by atoms with E-state index < -0.39 is 10.0 Å². The molecule has 0 aliphatic heterocycles. The zero-order chi connectivity index (χ0) is 14.6. The number of rotatable bonds is 6. The molecular formula is C12H13N3O4S. The molecule has 1 aromatic heterocycles. The van der Waals surface area contributed by atoms with E-state index in [-0.39, 0.29) is 23.0 Å². The molecule has 20 heavy (non-hydrogen) atoms. The van der Waals surface area contributed by atoms with Crippen LogP contribution in [0.5, 0.6) is 0 Å². The number of hydrogen-bond donors (Lipinski definition) is 1. The van der Waals surface area contributed by atoms with Gasteiger partial charge in [0, 0.05) is 12.0 Å². The van der Waals surface area contributed by atoms with Gasteiger partial charge in [-0.3, -0.25) is 4.79 Å². The Labute approximate surface area is 116 Å². The summed E-state index contributed by atoms with van der Waals surface area (Å²) in [6, 6.07) is 5.89. The standard InChI is InChI=1S/C12H13N3O4S/c1-2-11(16)9-4-3-5-10(6-9)20(17,18)14-7-12-13-8-19-15-12/h3-6,8,14H,2,7H2,1H3. The van der Waals surface area contributed by atoms with E-state index in [9.17, 15) is 13.2 Å². The number of ketones is 1. The molecule has 0 unspecified atom stereocenters. The van der Waals surface area contributed by atoms with Gasteiger partial charge in [0.15, 0.2) is 11.6 Å². The van der Waals surface area contributed by atoms with Gasteiger partial charge in [-0.05, 0) is 12.1 Å². The van der Waals surface area contributed by atoms with Crippen LogP contribution in [-0.4, -0.2) is 24.3 Å². The molecule has 0 fully saturated rings. The number of benzene rings is 1. The maximum Gasteiger partial charge on any atom is 0.241 e. The summed E-state index contributed by atoms with van der Waals surface area (Å²) in [4.78, 5) is 15.3. The Morgan fingerprint density at radius 1 is 1.40 bits per heavy atom. The molecule has 106 valence electrons. The van der Waals surface area contributed by atoms with Crippen molar-refractivity contribution in [3.8, 4) is 0 Å². The Bertz CT molecular complexity index is 695. The number of carbonyl (C=O) groups is 1. The van der Waals surface area contributed by atoms with Gasteiger partial charge < -0.3 is 4.52 Å². The van der Waals surface area contributed by atoms with Crippen LogP contribution in [0, 0.1) is 0 Å². The minimum absolute atomic E-state index is 0.0281. The second-order valence-corrected chi connectivity index (χ2v) is 5.74. The molecule has 0 radical (unpaired) electrons. The molecule has 8 heteroatoms. The fourth-order valence-corrected chi connectivity index (χ4v) is 2.58. The van der Waals surface area contributed by atoms with Crippen LogP contribution in [0.15, 0.2) is 40.1 Å². The molecule has 0 saturated heterocycles. The number of Topliss-reactive ketones (excluding diaryl/α,β-unsaturated/α-hetero) is 1. The highest BCUT2D eigenvalue weighted by molar-refractivity contribution is 7.89. The summed E-state index contributed by atoms with van der Waals surface area (Å²) >= 11 is 0. The van der Waals surface area contributed by atoms with Gasteiger partial charge in [0.25, 0.3) is 0 Å². The summed E-state index contributed by atoms with van der Waals surface area (Å²) in [5, 5.41) is 3.50.